The van der Waals surface area contributed by atoms with Gasteiger partial charge >= 0.3 is 84.5 Å². The first-order valence-corrected chi connectivity index (χ1v) is 32.7. The molecule has 5 fully saturated rings. The molecule has 1 amide bonds. The molecule has 0 aromatic carbocycles. The number of carboxylic acids is 2. The first-order chi connectivity index (χ1) is 40.0. The van der Waals surface area contributed by atoms with Crippen molar-refractivity contribution in [2.24, 2.45) is 0 Å². The summed E-state index contributed by atoms with van der Waals surface area (Å²) >= 11 is 0. The zero-order valence-corrected chi connectivity index (χ0v) is 48.0. The third-order valence-corrected chi connectivity index (χ3v) is 15.6. The molecule has 0 unspecified atom stereocenters. The second-order valence-corrected chi connectivity index (χ2v) is 25.9. The van der Waals surface area contributed by atoms with Crippen LogP contribution in [-0.2, 0) is 151 Å². The van der Waals surface area contributed by atoms with E-state index in [1.54, 1.807) is 0 Å². The molecule has 5 aliphatic rings. The maximum absolute atomic E-state index is 12.9. The van der Waals surface area contributed by atoms with Gasteiger partial charge in [-0.05, 0) is 0 Å². The standard InChI is InChI=1S/C31H51N3O47S7/c35-4-32-9-12(37)11(36)5(1-68-84(53,54)55)72-28(9)76-20-14(39)15(40)30(78-23(20)25(42)43)75-18-7(3-70-86(59,60)61)73-29(10(34-83(50,51)52)19(18)80-87(62,63)64)77-21-16(41)22(81-88(65,66)67)31(79-24(21)26(44)45)74-17-6(2-69-85(56,57)58)71-27(46)8(13(17)38)33-82(47,48)49/h4-24,27-31,33-34,36-41,46H,1-3H2,(H,32,35)(H,42,43)(H,44,45)(H,47,48,49)(H,50,51,52)(H,53,54,55)(H,56,57,58)(H,59,60,61)(H,62,63,64)(H,65,66,67)/t5-,6-,7-,8-,9-,10-,11-,12-,13-,14-,15-,16+,17-,18-,19-,20+,21+,22-,23+,24-,27+,28-,29+,30-,31-/m1/s1. The smallest absolute Gasteiger partial charge is 0.397 e. The predicted octanol–water partition coefficient (Wildman–Crippen LogP) is -14.1. The van der Waals surface area contributed by atoms with Crippen molar-refractivity contribution in [3.63, 3.8) is 0 Å². The third-order valence-electron chi connectivity index (χ3n) is 12.2. The lowest BCUT2D eigenvalue weighted by molar-refractivity contribution is -0.372. The molecular weight excluding hydrogens is 1390 g/mol. The summed E-state index contributed by atoms with van der Waals surface area (Å²) in [5, 5.41) is 99.6. The molecule has 88 heavy (non-hydrogen) atoms. The van der Waals surface area contributed by atoms with Crippen molar-refractivity contribution < 1.29 is 215 Å². The van der Waals surface area contributed by atoms with E-state index in [0.717, 1.165) is 4.72 Å². The Bertz CT molecular complexity index is 3270. The minimum absolute atomic E-state index is 0.179. The van der Waals surface area contributed by atoms with Crippen LogP contribution < -0.4 is 14.8 Å². The number of rotatable bonds is 29. The molecule has 5 heterocycles. The Hall–Kier alpha value is -3.14. The molecule has 0 aliphatic carbocycles. The van der Waals surface area contributed by atoms with Crippen LogP contribution in [0.1, 0.15) is 0 Å². The minimum atomic E-state index is -6.32. The fourth-order valence-electron chi connectivity index (χ4n) is 8.76. The van der Waals surface area contributed by atoms with Gasteiger partial charge in [-0.15, -0.1) is 0 Å². The van der Waals surface area contributed by atoms with Crippen molar-refractivity contribution in [1.29, 1.82) is 0 Å². The van der Waals surface area contributed by atoms with Gasteiger partial charge in [-0.25, -0.2) is 30.5 Å². The average Bonchev–Trinajstić information content (AvgIpc) is 1.36. The lowest BCUT2D eigenvalue weighted by atomic mass is 9.94. The average molecular weight is 1440 g/mol. The maximum Gasteiger partial charge on any atom is 0.397 e. The van der Waals surface area contributed by atoms with E-state index in [4.69, 9.17) is 51.7 Å². The lowest BCUT2D eigenvalue weighted by Gasteiger charge is -2.50. The van der Waals surface area contributed by atoms with Gasteiger partial charge in [0.05, 0.1) is 19.8 Å². The van der Waals surface area contributed by atoms with Gasteiger partial charge in [-0.2, -0.15) is 68.4 Å². The first kappa shape index (κ1) is 75.6. The van der Waals surface area contributed by atoms with E-state index < -0.39 is 258 Å². The topological polar surface area (TPSA) is 779 Å². The van der Waals surface area contributed by atoms with Gasteiger partial charge in [0.15, 0.2) is 49.8 Å². The van der Waals surface area contributed by atoms with Crippen molar-refractivity contribution >= 4 is 91.0 Å². The molecule has 5 saturated heterocycles. The number of carbonyl (C=O) groups excluding carboxylic acids is 1. The van der Waals surface area contributed by atoms with Crippen molar-refractivity contribution in [3.8, 4) is 0 Å². The zero-order valence-electron chi connectivity index (χ0n) is 42.3. The highest BCUT2D eigenvalue weighted by molar-refractivity contribution is 7.84. The lowest BCUT2D eigenvalue weighted by Crippen LogP contribution is -2.71. The highest BCUT2D eigenvalue weighted by atomic mass is 32.3. The normalized spacial score (nSPS) is 39.3. The summed E-state index contributed by atoms with van der Waals surface area (Å²) in [6.45, 7) is -4.96. The van der Waals surface area contributed by atoms with Crippen LogP contribution in [0.25, 0.3) is 0 Å². The SMILES string of the molecule is O=CN[C@H]1[C@@H](O[C@H]2[C@H](O)[C@@H](O)[C@H](O[C@H]3[C@H](OS(=O)(=O)O)[C@@H](NS(=O)(=O)O)[C@H](O[C@H]4[C@H](O)[C@@H](OS(=O)(=O)O)[C@H](O[C@H]5[C@H](O)[C@@H](NS(=O)(=O)O)[C@@H](O)O[C@@H]5COS(=O)(=O)O)O[C@H]4C(=O)O)O[C@@H]3COS(=O)(=O)O)O[C@@H]2C(=O)O)O[C@H](COS(=O)(=O)O)[C@@H](O)[C@@H]1O. The zero-order chi connectivity index (χ0) is 66.9. The molecule has 0 aromatic rings. The van der Waals surface area contributed by atoms with Crippen molar-refractivity contribution in [1.82, 2.24) is 14.8 Å². The van der Waals surface area contributed by atoms with Crippen molar-refractivity contribution in [3.05, 3.63) is 0 Å². The Labute approximate surface area is 491 Å². The van der Waals surface area contributed by atoms with E-state index in [9.17, 15) is 142 Å². The Morgan fingerprint density at radius 2 is 0.784 bits per heavy atom. The molecule has 0 spiro atoms. The van der Waals surface area contributed by atoms with Crippen LogP contribution in [0.3, 0.4) is 0 Å². The van der Waals surface area contributed by atoms with Crippen molar-refractivity contribution in [2.45, 2.75) is 153 Å². The van der Waals surface area contributed by atoms with Gasteiger partial charge in [0.1, 0.15) is 104 Å². The number of carboxylic acid groups (broad SMARTS) is 2. The largest absolute Gasteiger partial charge is 0.479 e. The molecule has 0 aromatic heterocycles. The number of ether oxygens (including phenoxy) is 9. The first-order valence-electron chi connectivity index (χ1n) is 23.0. The van der Waals surface area contributed by atoms with Crippen LogP contribution in [0.15, 0.2) is 0 Å². The van der Waals surface area contributed by atoms with Crippen LogP contribution in [0.4, 0.5) is 0 Å². The van der Waals surface area contributed by atoms with Gasteiger partial charge in [0, 0.05) is 0 Å². The van der Waals surface area contributed by atoms with E-state index in [-0.39, 0.29) is 6.41 Å². The van der Waals surface area contributed by atoms with E-state index >= 15 is 0 Å². The summed E-state index contributed by atoms with van der Waals surface area (Å²) < 4.78 is 305. The van der Waals surface area contributed by atoms with Crippen LogP contribution in [-0.4, -0.2) is 328 Å². The van der Waals surface area contributed by atoms with E-state index in [1.807, 2.05) is 5.32 Å². The van der Waals surface area contributed by atoms with Crippen LogP contribution in [0, 0.1) is 0 Å². The number of hydrogen-bond acceptors (Lipinski definition) is 38. The van der Waals surface area contributed by atoms with Crippen LogP contribution in [0.2, 0.25) is 0 Å². The van der Waals surface area contributed by atoms with Gasteiger partial charge in [0.2, 0.25) is 6.41 Å². The summed E-state index contributed by atoms with van der Waals surface area (Å²) in [6, 6.07) is -7.83. The molecule has 57 heteroatoms. The van der Waals surface area contributed by atoms with Crippen LogP contribution >= 0.6 is 0 Å². The Morgan fingerprint density at radius 1 is 0.386 bits per heavy atom. The number of hydrogen-bond donors (Lipinski definition) is 19. The number of aliphatic hydroxyl groups is 7. The molecule has 25 atom stereocenters. The predicted molar refractivity (Wildman–Crippen MR) is 252 cm³/mol. The highest BCUT2D eigenvalue weighted by Crippen LogP contribution is 2.38. The van der Waals surface area contributed by atoms with E-state index in [1.165, 1.54) is 4.72 Å². The third kappa shape index (κ3) is 21.2. The number of aliphatic carboxylic acids is 2. The van der Waals surface area contributed by atoms with E-state index in [2.05, 4.69) is 20.9 Å². The fourth-order valence-corrected chi connectivity index (χ4v) is 11.9. The number of carbonyl (C=O) groups is 3. The van der Waals surface area contributed by atoms with Gasteiger partial charge < -0.3 is 93.9 Å². The number of aliphatic hydroxyl groups excluding tert-OH is 7. The van der Waals surface area contributed by atoms with Gasteiger partial charge in [0.25, 0.3) is 0 Å². The number of nitrogens with one attached hydrogen (secondary N) is 3. The van der Waals surface area contributed by atoms with Crippen LogP contribution in [0.5, 0.6) is 0 Å². The Balaban J connectivity index is 1.58. The molecule has 0 radical (unpaired) electrons. The minimum Gasteiger partial charge on any atom is -0.479 e. The maximum atomic E-state index is 12.9. The molecule has 0 saturated carbocycles. The molecule has 0 bridgehead atoms. The Kier molecular flexibility index (Phi) is 24.9. The summed E-state index contributed by atoms with van der Waals surface area (Å²) in [6.07, 6.45) is -62.7. The number of amides is 1. The summed E-state index contributed by atoms with van der Waals surface area (Å²) in [4.78, 5) is 37.2. The summed E-state index contributed by atoms with van der Waals surface area (Å²) in [5.74, 6) is -4.81. The quantitative estimate of drug-likeness (QED) is 0.0244. The molecule has 5 aliphatic heterocycles. The van der Waals surface area contributed by atoms with Crippen molar-refractivity contribution in [2.75, 3.05) is 19.8 Å². The van der Waals surface area contributed by atoms with Gasteiger partial charge in [-0.1, -0.05) is 0 Å². The fraction of sp³-hybridized carbons (Fsp3) is 0.903. The summed E-state index contributed by atoms with van der Waals surface area (Å²) in [7, 11) is -40.9. The monoisotopic (exact) mass is 1440 g/mol. The molecule has 5 rings (SSSR count). The Morgan fingerprint density at radius 3 is 1.24 bits per heavy atom. The van der Waals surface area contributed by atoms with Gasteiger partial charge in [-0.3, -0.25) is 36.7 Å². The molecule has 19 N–H and O–H groups in total. The second-order valence-electron chi connectivity index (χ2n) is 18.2. The molecule has 50 nitrogen and oxygen atoms in total. The molecular formula is C31H51N3O47S7. The summed E-state index contributed by atoms with van der Waals surface area (Å²) in [5.41, 5.74) is 0. The van der Waals surface area contributed by atoms with E-state index in [0.29, 0.717) is 0 Å². The highest BCUT2D eigenvalue weighted by Gasteiger charge is 2.61. The molecule has 514 valence electrons. The second kappa shape index (κ2) is 29.0.